The van der Waals surface area contributed by atoms with Crippen molar-refractivity contribution in [2.45, 2.75) is 63.2 Å². The van der Waals surface area contributed by atoms with E-state index in [1.807, 2.05) is 4.90 Å². The number of rotatable bonds is 8. The van der Waals surface area contributed by atoms with Gasteiger partial charge in [-0.25, -0.2) is 9.37 Å². The van der Waals surface area contributed by atoms with Crippen molar-refractivity contribution in [2.75, 3.05) is 55.5 Å². The molecule has 3 aliphatic rings. The number of nitrogens with zero attached hydrogens (tertiary/aromatic N) is 5. The quantitative estimate of drug-likeness (QED) is 0.462. The number of nitrogens with one attached hydrogen (secondary N) is 2. The third-order valence-corrected chi connectivity index (χ3v) is 8.61. The fourth-order valence-electron chi connectivity index (χ4n) is 6.04. The molecule has 1 saturated heterocycles. The Morgan fingerprint density at radius 1 is 1.24 bits per heavy atom. The molecule has 2 N–H and O–H groups in total. The summed E-state index contributed by atoms with van der Waals surface area (Å²) >= 11 is 0. The van der Waals surface area contributed by atoms with Crippen molar-refractivity contribution in [3.8, 4) is 5.75 Å². The second kappa shape index (κ2) is 12.0. The molecule has 1 aliphatic carbocycles. The molecule has 1 aromatic heterocycles. The monoisotopic (exact) mass is 565 g/mol. The van der Waals surface area contributed by atoms with Crippen molar-refractivity contribution in [1.82, 2.24) is 20.2 Å². The van der Waals surface area contributed by atoms with Gasteiger partial charge in [0.1, 0.15) is 11.4 Å². The molecule has 2 amide bonds. The zero-order chi connectivity index (χ0) is 29.1. The molecule has 11 heteroatoms. The second-order valence-corrected chi connectivity index (χ2v) is 11.1. The van der Waals surface area contributed by atoms with Gasteiger partial charge in [-0.05, 0) is 56.5 Å². The van der Waals surface area contributed by atoms with Gasteiger partial charge in [-0.3, -0.25) is 9.59 Å². The number of aromatic nitrogens is 2. The fraction of sp³-hybridized carbons (Fsp3) is 0.533. The number of halogens is 1. The molecule has 2 fully saturated rings. The lowest BCUT2D eigenvalue weighted by Crippen LogP contribution is -2.49. The molecule has 1 aromatic carbocycles. The Hall–Kier alpha value is -3.73. The van der Waals surface area contributed by atoms with E-state index in [-0.39, 0.29) is 30.5 Å². The molecule has 1 atom stereocenters. The van der Waals surface area contributed by atoms with E-state index in [9.17, 15) is 9.59 Å². The molecule has 0 bridgehead atoms. The number of hydrogen-bond donors (Lipinski definition) is 2. The molecular weight excluding hydrogens is 525 g/mol. The van der Waals surface area contributed by atoms with Crippen LogP contribution in [0.25, 0.3) is 0 Å². The molecule has 1 saturated carbocycles. The third-order valence-electron chi connectivity index (χ3n) is 8.61. The average molecular weight is 566 g/mol. The number of carbonyl (C=O) groups excluding carboxylic acids is 2. The summed E-state index contributed by atoms with van der Waals surface area (Å²) in [5.74, 6) is 0.408. The molecule has 3 heterocycles. The van der Waals surface area contributed by atoms with E-state index in [1.54, 1.807) is 25.3 Å². The van der Waals surface area contributed by atoms with E-state index in [1.165, 1.54) is 18.1 Å². The molecule has 41 heavy (non-hydrogen) atoms. The van der Waals surface area contributed by atoms with Crippen LogP contribution in [0, 0.1) is 0 Å². The molecule has 0 radical (unpaired) electrons. The summed E-state index contributed by atoms with van der Waals surface area (Å²) in [4.78, 5) is 40.8. The first-order valence-corrected chi connectivity index (χ1v) is 14.5. The predicted octanol–water partition coefficient (Wildman–Crippen LogP) is 4.06. The van der Waals surface area contributed by atoms with Crippen LogP contribution in [0.5, 0.6) is 5.75 Å². The standard InChI is InChI=1S/C30H40FN7O3/c1-5-30(31)19-38(22-9-7-8-10-22)26-24(36(3)28(30)40)18-32-29(35-26)34-23-12-11-20(17-25(23)41-4)27(39)33-21-13-15-37(6-2)16-14-21/h5,11-12,17-18,21-22H,1,6-10,13-16,19H2,2-4H3,(H,33,39)(H,32,34,35). The molecule has 220 valence electrons. The van der Waals surface area contributed by atoms with E-state index in [2.05, 4.69) is 34.0 Å². The van der Waals surface area contributed by atoms with Crippen molar-refractivity contribution in [3.63, 3.8) is 0 Å². The minimum atomic E-state index is -2.24. The van der Waals surface area contributed by atoms with Crippen LogP contribution in [0.15, 0.2) is 37.1 Å². The van der Waals surface area contributed by atoms with Crippen LogP contribution in [-0.2, 0) is 4.79 Å². The highest BCUT2D eigenvalue weighted by Gasteiger charge is 2.46. The maximum atomic E-state index is 15.8. The summed E-state index contributed by atoms with van der Waals surface area (Å²) in [5.41, 5.74) is -0.711. The number of piperidine rings is 1. The largest absolute Gasteiger partial charge is 0.495 e. The summed E-state index contributed by atoms with van der Waals surface area (Å²) in [5, 5.41) is 6.35. The number of anilines is 4. The second-order valence-electron chi connectivity index (χ2n) is 11.1. The summed E-state index contributed by atoms with van der Waals surface area (Å²) < 4.78 is 21.4. The van der Waals surface area contributed by atoms with Gasteiger partial charge >= 0.3 is 0 Å². The summed E-state index contributed by atoms with van der Waals surface area (Å²) in [6, 6.07) is 5.41. The smallest absolute Gasteiger partial charge is 0.270 e. The van der Waals surface area contributed by atoms with Crippen molar-refractivity contribution in [2.24, 2.45) is 0 Å². The Bertz CT molecular complexity index is 1290. The van der Waals surface area contributed by atoms with Gasteiger partial charge in [-0.1, -0.05) is 26.3 Å². The number of ether oxygens (including phenoxy) is 1. The number of benzene rings is 1. The molecule has 5 rings (SSSR count). The van der Waals surface area contributed by atoms with E-state index in [4.69, 9.17) is 9.72 Å². The van der Waals surface area contributed by atoms with Gasteiger partial charge in [0.05, 0.1) is 25.5 Å². The van der Waals surface area contributed by atoms with Crippen LogP contribution in [0.3, 0.4) is 0 Å². The normalized spacial score (nSPS) is 22.3. The highest BCUT2D eigenvalue weighted by Crippen LogP contribution is 2.40. The Kier molecular flexibility index (Phi) is 8.44. The van der Waals surface area contributed by atoms with Gasteiger partial charge in [0, 0.05) is 37.8 Å². The van der Waals surface area contributed by atoms with Crippen molar-refractivity contribution in [3.05, 3.63) is 42.6 Å². The third kappa shape index (κ3) is 5.86. The molecule has 2 aliphatic heterocycles. The first-order chi connectivity index (χ1) is 19.8. The number of fused-ring (bicyclic) bond motifs is 1. The van der Waals surface area contributed by atoms with E-state index in [0.29, 0.717) is 28.5 Å². The number of hydrogen-bond acceptors (Lipinski definition) is 8. The Balaban J connectivity index is 1.38. The van der Waals surface area contributed by atoms with Gasteiger partial charge in [0.2, 0.25) is 11.6 Å². The Labute approximate surface area is 241 Å². The molecule has 1 unspecified atom stereocenters. The highest BCUT2D eigenvalue weighted by molar-refractivity contribution is 6.04. The van der Waals surface area contributed by atoms with Gasteiger partial charge in [-0.15, -0.1) is 0 Å². The predicted molar refractivity (Wildman–Crippen MR) is 158 cm³/mol. The first-order valence-electron chi connectivity index (χ1n) is 14.5. The zero-order valence-electron chi connectivity index (χ0n) is 24.2. The minimum absolute atomic E-state index is 0.0624. The summed E-state index contributed by atoms with van der Waals surface area (Å²) in [7, 11) is 3.08. The summed E-state index contributed by atoms with van der Waals surface area (Å²) in [6.07, 6.45) is 8.36. The van der Waals surface area contributed by atoms with Crippen molar-refractivity contribution in [1.29, 1.82) is 0 Å². The van der Waals surface area contributed by atoms with Crippen LogP contribution in [0.4, 0.5) is 27.5 Å². The molecule has 0 spiro atoms. The average Bonchev–Trinajstić information content (AvgIpc) is 3.52. The minimum Gasteiger partial charge on any atom is -0.495 e. The zero-order valence-corrected chi connectivity index (χ0v) is 24.2. The van der Waals surface area contributed by atoms with Crippen LogP contribution in [-0.4, -0.2) is 84.8 Å². The molecular formula is C30H40FN7O3. The fourth-order valence-corrected chi connectivity index (χ4v) is 6.04. The maximum absolute atomic E-state index is 15.8. The van der Waals surface area contributed by atoms with E-state index in [0.717, 1.165) is 64.2 Å². The van der Waals surface area contributed by atoms with Gasteiger partial charge in [0.15, 0.2) is 5.82 Å². The lowest BCUT2D eigenvalue weighted by molar-refractivity contribution is -0.126. The Morgan fingerprint density at radius 2 is 1.98 bits per heavy atom. The molecule has 10 nitrogen and oxygen atoms in total. The summed E-state index contributed by atoms with van der Waals surface area (Å²) in [6.45, 7) is 8.61. The topological polar surface area (TPSA) is 103 Å². The van der Waals surface area contributed by atoms with Crippen LogP contribution in [0.2, 0.25) is 0 Å². The number of likely N-dealkylation sites (tertiary alicyclic amines) is 1. The highest BCUT2D eigenvalue weighted by atomic mass is 19.1. The van der Waals surface area contributed by atoms with E-state index >= 15 is 4.39 Å². The van der Waals surface area contributed by atoms with Gasteiger partial charge in [-0.2, -0.15) is 4.98 Å². The number of amides is 2. The van der Waals surface area contributed by atoms with Crippen LogP contribution < -0.4 is 25.2 Å². The van der Waals surface area contributed by atoms with Crippen molar-refractivity contribution < 1.29 is 18.7 Å². The number of alkyl halides is 1. The van der Waals surface area contributed by atoms with Crippen LogP contribution in [0.1, 0.15) is 55.8 Å². The maximum Gasteiger partial charge on any atom is 0.270 e. The number of carbonyl (C=O) groups is 2. The lowest BCUT2D eigenvalue weighted by Gasteiger charge is -2.32. The van der Waals surface area contributed by atoms with Crippen molar-refractivity contribution >= 4 is 35.0 Å². The van der Waals surface area contributed by atoms with Gasteiger partial charge in [0.25, 0.3) is 11.8 Å². The van der Waals surface area contributed by atoms with E-state index < -0.39 is 11.6 Å². The van der Waals surface area contributed by atoms with Crippen LogP contribution >= 0.6 is 0 Å². The van der Waals surface area contributed by atoms with Gasteiger partial charge < -0.3 is 30.1 Å². The SMILES string of the molecule is C=CC1(F)CN(C2CCCC2)c2nc(Nc3ccc(C(=O)NC4CCN(CC)CC4)cc3OC)ncc2N(C)C1=O. The molecule has 2 aromatic rings. The first kappa shape index (κ1) is 28.8. The Morgan fingerprint density at radius 3 is 2.63 bits per heavy atom. The lowest BCUT2D eigenvalue weighted by atomic mass is 10.0. The number of methoxy groups -OCH3 is 1.